The smallest absolute Gasteiger partial charge is 0.338 e. The Morgan fingerprint density at radius 3 is 2.45 bits per heavy atom. The van der Waals surface area contributed by atoms with E-state index in [0.717, 1.165) is 69.4 Å². The minimum atomic E-state index is -0.962. The molecule has 2 aromatic carbocycles. The van der Waals surface area contributed by atoms with Crippen molar-refractivity contribution in [3.63, 3.8) is 0 Å². The molecule has 2 aromatic rings. The number of esters is 1. The number of unbranched alkanes of at least 4 members (excludes halogenated alkanes) is 2. The average molecular weight is 569 g/mol. The van der Waals surface area contributed by atoms with E-state index in [4.69, 9.17) is 16.3 Å². The zero-order chi connectivity index (χ0) is 28.9. The van der Waals surface area contributed by atoms with Gasteiger partial charge in [0.1, 0.15) is 5.84 Å². The van der Waals surface area contributed by atoms with Crippen LogP contribution in [-0.4, -0.2) is 54.9 Å². The number of likely N-dealkylation sites (tertiary alicyclic amines) is 1. The number of piperidine rings is 1. The summed E-state index contributed by atoms with van der Waals surface area (Å²) in [4.78, 5) is 21.6. The second kappa shape index (κ2) is 12.9. The van der Waals surface area contributed by atoms with Crippen molar-refractivity contribution < 1.29 is 18.3 Å². The van der Waals surface area contributed by atoms with Crippen molar-refractivity contribution in [1.82, 2.24) is 9.80 Å². The van der Waals surface area contributed by atoms with Gasteiger partial charge < -0.3 is 14.5 Å². The zero-order valence-corrected chi connectivity index (χ0v) is 24.0. The standard InChI is InChI=1S/C31H35ClF2N4O2/c1-21-28(30(39)40-3)29(23-11-12-26(33)27(34)19-23)38(22(2)36-21)16-8-4-7-15-37-17-13-31(20-35,14-18-37)24-9-5-6-10-25(24)32/h5-6,9-12,19,29H,4,7-8,13-18H2,1-3H3. The van der Waals surface area contributed by atoms with Gasteiger partial charge in [0.15, 0.2) is 11.6 Å². The molecule has 0 amide bonds. The van der Waals surface area contributed by atoms with Gasteiger partial charge in [0, 0.05) is 11.6 Å². The summed E-state index contributed by atoms with van der Waals surface area (Å²) in [6, 6.07) is 13.3. The third-order valence-electron chi connectivity index (χ3n) is 8.07. The van der Waals surface area contributed by atoms with Crippen molar-refractivity contribution >= 4 is 23.4 Å². The van der Waals surface area contributed by atoms with Crippen molar-refractivity contribution in [3.05, 3.63) is 81.5 Å². The summed E-state index contributed by atoms with van der Waals surface area (Å²) < 4.78 is 32.9. The fraction of sp³-hybridized carbons (Fsp3) is 0.452. The molecular formula is C31H35ClF2N4O2. The number of hydrogen-bond acceptors (Lipinski definition) is 6. The molecular weight excluding hydrogens is 534 g/mol. The lowest BCUT2D eigenvalue weighted by molar-refractivity contribution is -0.136. The van der Waals surface area contributed by atoms with Crippen LogP contribution in [0.5, 0.6) is 0 Å². The highest BCUT2D eigenvalue weighted by atomic mass is 35.5. The van der Waals surface area contributed by atoms with Gasteiger partial charge in [0.25, 0.3) is 0 Å². The summed E-state index contributed by atoms with van der Waals surface area (Å²) in [7, 11) is 1.30. The number of rotatable bonds is 9. The Labute approximate surface area is 239 Å². The third kappa shape index (κ3) is 6.21. The molecule has 0 saturated carbocycles. The molecule has 1 atom stereocenters. The highest BCUT2D eigenvalue weighted by Crippen LogP contribution is 2.39. The molecule has 4 rings (SSSR count). The molecule has 1 unspecified atom stereocenters. The summed E-state index contributed by atoms with van der Waals surface area (Å²) in [6.45, 7) is 6.78. The Morgan fingerprint density at radius 1 is 1.10 bits per heavy atom. The van der Waals surface area contributed by atoms with Crippen LogP contribution in [0.1, 0.15) is 63.1 Å². The van der Waals surface area contributed by atoms with E-state index in [2.05, 4.69) is 16.0 Å². The summed E-state index contributed by atoms with van der Waals surface area (Å²) >= 11 is 6.42. The second-order valence-corrected chi connectivity index (χ2v) is 10.9. The van der Waals surface area contributed by atoms with E-state index in [9.17, 15) is 18.8 Å². The fourth-order valence-corrected chi connectivity index (χ4v) is 6.16. The van der Waals surface area contributed by atoms with E-state index >= 15 is 0 Å². The van der Waals surface area contributed by atoms with Gasteiger partial charge in [-0.05, 0) is 88.5 Å². The first-order valence-electron chi connectivity index (χ1n) is 13.7. The van der Waals surface area contributed by atoms with E-state index in [0.29, 0.717) is 34.2 Å². The molecule has 0 spiro atoms. The fourth-order valence-electron chi connectivity index (χ4n) is 5.84. The molecule has 1 saturated heterocycles. The minimum Gasteiger partial charge on any atom is -0.466 e. The van der Waals surface area contributed by atoms with Crippen LogP contribution < -0.4 is 0 Å². The van der Waals surface area contributed by atoms with Crippen molar-refractivity contribution in [3.8, 4) is 6.07 Å². The quantitative estimate of drug-likeness (QED) is 0.253. The van der Waals surface area contributed by atoms with Crippen LogP contribution in [0, 0.1) is 23.0 Å². The van der Waals surface area contributed by atoms with Gasteiger partial charge in [0.05, 0.1) is 35.9 Å². The topological polar surface area (TPSA) is 68.9 Å². The number of halogens is 3. The van der Waals surface area contributed by atoms with Gasteiger partial charge in [-0.1, -0.05) is 42.3 Å². The number of benzene rings is 2. The van der Waals surface area contributed by atoms with Crippen LogP contribution >= 0.6 is 11.6 Å². The predicted molar refractivity (Wildman–Crippen MR) is 152 cm³/mol. The average Bonchev–Trinajstić information content (AvgIpc) is 2.95. The molecule has 0 N–H and O–H groups in total. The van der Waals surface area contributed by atoms with Gasteiger partial charge in [-0.15, -0.1) is 0 Å². The number of carbonyl (C=O) groups is 1. The summed E-state index contributed by atoms with van der Waals surface area (Å²) in [5, 5.41) is 10.7. The summed E-state index contributed by atoms with van der Waals surface area (Å²) in [5.41, 5.74) is 1.68. The molecule has 0 bridgehead atoms. The van der Waals surface area contributed by atoms with Crippen LogP contribution in [-0.2, 0) is 14.9 Å². The number of ether oxygens (including phenoxy) is 1. The lowest BCUT2D eigenvalue weighted by Crippen LogP contribution is -2.42. The molecule has 1 fully saturated rings. The van der Waals surface area contributed by atoms with Crippen molar-refractivity contribution in [2.75, 3.05) is 33.3 Å². The molecule has 6 nitrogen and oxygen atoms in total. The van der Waals surface area contributed by atoms with Gasteiger partial charge in [-0.3, -0.25) is 0 Å². The number of amidine groups is 1. The molecule has 9 heteroatoms. The van der Waals surface area contributed by atoms with E-state index in [-0.39, 0.29) is 0 Å². The maximum absolute atomic E-state index is 14.2. The first kappa shape index (κ1) is 29.7. The maximum Gasteiger partial charge on any atom is 0.338 e. The predicted octanol–water partition coefficient (Wildman–Crippen LogP) is 6.57. The second-order valence-electron chi connectivity index (χ2n) is 10.5. The first-order chi connectivity index (χ1) is 19.2. The number of hydrogen-bond donors (Lipinski definition) is 0. The van der Waals surface area contributed by atoms with Gasteiger partial charge in [-0.2, -0.15) is 5.26 Å². The molecule has 2 heterocycles. The van der Waals surface area contributed by atoms with E-state index in [1.54, 1.807) is 6.92 Å². The molecule has 2 aliphatic rings. The number of nitrogens with zero attached hydrogens (tertiary/aromatic N) is 4. The molecule has 0 aliphatic carbocycles. The molecule has 40 heavy (non-hydrogen) atoms. The summed E-state index contributed by atoms with van der Waals surface area (Å²) in [5.74, 6) is -1.73. The SMILES string of the molecule is COC(=O)C1=C(C)N=C(C)N(CCCCCN2CCC(C#N)(c3ccccc3Cl)CC2)C1c1ccc(F)c(F)c1. The molecule has 0 aromatic heterocycles. The minimum absolute atomic E-state index is 0.326. The Balaban J connectivity index is 1.36. The lowest BCUT2D eigenvalue weighted by atomic mass is 9.74. The van der Waals surface area contributed by atoms with Crippen LogP contribution in [0.4, 0.5) is 8.78 Å². The number of carbonyl (C=O) groups excluding carboxylic acids is 1. The number of nitriles is 1. The molecule has 0 radical (unpaired) electrons. The molecule has 2 aliphatic heterocycles. The highest BCUT2D eigenvalue weighted by molar-refractivity contribution is 6.31. The Hall–Kier alpha value is -3.28. The van der Waals surface area contributed by atoms with E-state index < -0.39 is 29.1 Å². The van der Waals surface area contributed by atoms with Crippen molar-refractivity contribution in [2.24, 2.45) is 4.99 Å². The van der Waals surface area contributed by atoms with Crippen molar-refractivity contribution in [2.45, 2.75) is 57.4 Å². The summed E-state index contributed by atoms with van der Waals surface area (Å²) in [6.07, 6.45) is 4.23. The number of allylic oxidation sites excluding steroid dienone is 1. The Kier molecular flexibility index (Phi) is 9.60. The molecule has 212 valence electrons. The maximum atomic E-state index is 14.2. The highest BCUT2D eigenvalue weighted by Gasteiger charge is 2.38. The van der Waals surface area contributed by atoms with E-state index in [1.165, 1.54) is 13.2 Å². The Bertz CT molecular complexity index is 1350. The number of methoxy groups -OCH3 is 1. The van der Waals surface area contributed by atoms with Crippen molar-refractivity contribution in [1.29, 1.82) is 5.26 Å². The van der Waals surface area contributed by atoms with Crippen LogP contribution in [0.15, 0.2) is 58.7 Å². The van der Waals surface area contributed by atoms with Gasteiger partial charge >= 0.3 is 5.97 Å². The Morgan fingerprint density at radius 2 is 1.80 bits per heavy atom. The van der Waals surface area contributed by atoms with Crippen LogP contribution in [0.25, 0.3) is 0 Å². The van der Waals surface area contributed by atoms with Crippen LogP contribution in [0.2, 0.25) is 5.02 Å². The van der Waals surface area contributed by atoms with Gasteiger partial charge in [-0.25, -0.2) is 18.6 Å². The number of aliphatic imine (C=N–C) groups is 1. The first-order valence-corrected chi connectivity index (χ1v) is 14.0. The van der Waals surface area contributed by atoms with Crippen LogP contribution in [0.3, 0.4) is 0 Å². The largest absolute Gasteiger partial charge is 0.466 e. The van der Waals surface area contributed by atoms with Gasteiger partial charge in [0.2, 0.25) is 0 Å². The monoisotopic (exact) mass is 568 g/mol. The normalized spacial score (nSPS) is 19.3. The zero-order valence-electron chi connectivity index (χ0n) is 23.2. The lowest BCUT2D eigenvalue weighted by Gasteiger charge is -2.38. The van der Waals surface area contributed by atoms with E-state index in [1.807, 2.05) is 36.1 Å². The third-order valence-corrected chi connectivity index (χ3v) is 8.40.